The fourth-order valence-electron chi connectivity index (χ4n) is 4.66. The van der Waals surface area contributed by atoms with Crippen LogP contribution in [0.1, 0.15) is 45.1 Å². The van der Waals surface area contributed by atoms with Gasteiger partial charge >= 0.3 is 5.97 Å². The van der Waals surface area contributed by atoms with Gasteiger partial charge in [-0.15, -0.1) is 0 Å². The minimum atomic E-state index is -0.672. The summed E-state index contributed by atoms with van der Waals surface area (Å²) in [6, 6.07) is 3.56. The van der Waals surface area contributed by atoms with Gasteiger partial charge in [-0.05, 0) is 24.8 Å². The van der Waals surface area contributed by atoms with Gasteiger partial charge in [0.1, 0.15) is 6.61 Å². The Labute approximate surface area is 194 Å². The summed E-state index contributed by atoms with van der Waals surface area (Å²) < 4.78 is 27.2. The Morgan fingerprint density at radius 1 is 1.03 bits per heavy atom. The molecular weight excluding hydrogens is 426 g/mol. The van der Waals surface area contributed by atoms with Crippen LogP contribution in [0.5, 0.6) is 17.2 Å². The molecule has 1 heterocycles. The first-order chi connectivity index (χ1) is 15.7. The van der Waals surface area contributed by atoms with E-state index in [1.807, 2.05) is 13.0 Å². The van der Waals surface area contributed by atoms with E-state index in [9.17, 15) is 9.59 Å². The summed E-state index contributed by atoms with van der Waals surface area (Å²) >= 11 is 0. The lowest BCUT2D eigenvalue weighted by Crippen LogP contribution is -2.39. The van der Waals surface area contributed by atoms with E-state index in [4.69, 9.17) is 23.7 Å². The molecule has 3 rings (SSSR count). The lowest BCUT2D eigenvalue weighted by molar-refractivity contribution is -0.140. The number of ketones is 1. The summed E-state index contributed by atoms with van der Waals surface area (Å²) in [5.41, 5.74) is 2.83. The third kappa shape index (κ3) is 4.71. The number of nitrogens with one attached hydrogen (secondary N) is 1. The summed E-state index contributed by atoms with van der Waals surface area (Å²) in [5, 5.41) is 3.32. The van der Waals surface area contributed by atoms with Gasteiger partial charge in [0.15, 0.2) is 17.3 Å². The molecule has 0 aromatic heterocycles. The van der Waals surface area contributed by atoms with Crippen molar-refractivity contribution in [1.82, 2.24) is 5.32 Å². The number of carbonyl (C=O) groups excluding carboxylic acids is 2. The molecule has 0 saturated carbocycles. The predicted octanol–water partition coefficient (Wildman–Crippen LogP) is 3.51. The SMILES string of the molecule is COCCOC(=O)C1=C(C)NC2=C(C(=O)CC(C)(C)C2)C1c1ccc(OC)c(OC)c1OC. The zero-order valence-electron chi connectivity index (χ0n) is 20.4. The van der Waals surface area contributed by atoms with Crippen LogP contribution in [0.25, 0.3) is 0 Å². The van der Waals surface area contributed by atoms with E-state index in [0.29, 0.717) is 52.5 Å². The number of hydrogen-bond donors (Lipinski definition) is 1. The van der Waals surface area contributed by atoms with E-state index in [1.54, 1.807) is 6.07 Å². The molecule has 2 aliphatic rings. The summed E-state index contributed by atoms with van der Waals surface area (Å²) in [6.07, 6.45) is 1.06. The molecule has 1 aromatic rings. The first kappa shape index (κ1) is 24.6. The number of hydrogen-bond acceptors (Lipinski definition) is 8. The molecule has 1 aliphatic heterocycles. The fourth-order valence-corrected chi connectivity index (χ4v) is 4.66. The second-order valence-corrected chi connectivity index (χ2v) is 8.98. The van der Waals surface area contributed by atoms with Gasteiger partial charge in [-0.25, -0.2) is 4.79 Å². The molecule has 8 heteroatoms. The van der Waals surface area contributed by atoms with Crippen LogP contribution in [0.2, 0.25) is 0 Å². The van der Waals surface area contributed by atoms with Crippen molar-refractivity contribution < 1.29 is 33.3 Å². The highest BCUT2D eigenvalue weighted by Gasteiger charge is 2.44. The summed E-state index contributed by atoms with van der Waals surface area (Å²) in [7, 11) is 6.12. The molecule has 180 valence electrons. The maximum Gasteiger partial charge on any atom is 0.336 e. The maximum atomic E-state index is 13.5. The Bertz CT molecular complexity index is 1010. The second kappa shape index (κ2) is 9.87. The van der Waals surface area contributed by atoms with Gasteiger partial charge in [0.05, 0.1) is 39.4 Å². The van der Waals surface area contributed by atoms with Crippen molar-refractivity contribution in [2.45, 2.75) is 39.5 Å². The zero-order chi connectivity index (χ0) is 24.3. The van der Waals surface area contributed by atoms with E-state index in [2.05, 4.69) is 19.2 Å². The minimum Gasteiger partial charge on any atom is -0.493 e. The lowest BCUT2D eigenvalue weighted by Gasteiger charge is -2.39. The number of carbonyl (C=O) groups is 2. The third-order valence-electron chi connectivity index (χ3n) is 6.03. The van der Waals surface area contributed by atoms with E-state index in [-0.39, 0.29) is 24.4 Å². The normalized spacial score (nSPS) is 19.6. The minimum absolute atomic E-state index is 0.00900. The van der Waals surface area contributed by atoms with Crippen LogP contribution in [0.15, 0.2) is 34.7 Å². The Hall–Kier alpha value is -3.00. The number of allylic oxidation sites excluding steroid dienone is 3. The van der Waals surface area contributed by atoms with Crippen LogP contribution in [-0.2, 0) is 19.1 Å². The molecule has 8 nitrogen and oxygen atoms in total. The number of rotatable bonds is 8. The average molecular weight is 460 g/mol. The average Bonchev–Trinajstić information content (AvgIpc) is 2.76. The number of dihydropyridines is 1. The molecule has 1 aromatic carbocycles. The van der Waals surface area contributed by atoms with E-state index in [1.165, 1.54) is 28.4 Å². The lowest BCUT2D eigenvalue weighted by atomic mass is 9.68. The molecule has 0 saturated heterocycles. The van der Waals surface area contributed by atoms with Crippen molar-refractivity contribution in [2.75, 3.05) is 41.7 Å². The number of Topliss-reactive ketones (excluding diaryl/α,β-unsaturated/α-hetero) is 1. The van der Waals surface area contributed by atoms with Crippen LogP contribution in [0.3, 0.4) is 0 Å². The molecule has 1 N–H and O–H groups in total. The van der Waals surface area contributed by atoms with Crippen LogP contribution in [-0.4, -0.2) is 53.4 Å². The van der Waals surface area contributed by atoms with Crippen molar-refractivity contribution in [3.8, 4) is 17.2 Å². The standard InChI is InChI=1S/C25H33NO7/c1-14-19(24(28)33-11-10-29-4)20(21-16(26-14)12-25(2,3)13-17(21)27)15-8-9-18(30-5)23(32-7)22(15)31-6/h8-9,20,26H,10-13H2,1-7H3. The Balaban J connectivity index is 2.23. The molecule has 1 atom stereocenters. The first-order valence-corrected chi connectivity index (χ1v) is 10.9. The van der Waals surface area contributed by atoms with Crippen molar-refractivity contribution in [3.05, 3.63) is 40.2 Å². The summed E-state index contributed by atoms with van der Waals surface area (Å²) in [6.45, 7) is 6.33. The van der Waals surface area contributed by atoms with Crippen molar-refractivity contribution >= 4 is 11.8 Å². The van der Waals surface area contributed by atoms with Gasteiger partial charge in [0, 0.05) is 36.1 Å². The van der Waals surface area contributed by atoms with E-state index in [0.717, 1.165) is 5.70 Å². The second-order valence-electron chi connectivity index (χ2n) is 8.98. The third-order valence-corrected chi connectivity index (χ3v) is 6.03. The van der Waals surface area contributed by atoms with Crippen LogP contribution >= 0.6 is 0 Å². The number of benzene rings is 1. The smallest absolute Gasteiger partial charge is 0.336 e. The molecule has 1 unspecified atom stereocenters. The molecule has 33 heavy (non-hydrogen) atoms. The topological polar surface area (TPSA) is 92.3 Å². The maximum absolute atomic E-state index is 13.5. The van der Waals surface area contributed by atoms with Crippen molar-refractivity contribution in [1.29, 1.82) is 0 Å². The first-order valence-electron chi connectivity index (χ1n) is 10.9. The molecule has 0 bridgehead atoms. The molecule has 0 fully saturated rings. The summed E-state index contributed by atoms with van der Waals surface area (Å²) in [5.74, 6) is 0.0972. The van der Waals surface area contributed by atoms with Crippen LogP contribution in [0.4, 0.5) is 0 Å². The highest BCUT2D eigenvalue weighted by atomic mass is 16.6. The van der Waals surface area contributed by atoms with Gasteiger partial charge in [0.25, 0.3) is 0 Å². The number of esters is 1. The largest absolute Gasteiger partial charge is 0.493 e. The molecular formula is C25H33NO7. The predicted molar refractivity (Wildman–Crippen MR) is 123 cm³/mol. The molecule has 0 radical (unpaired) electrons. The Morgan fingerprint density at radius 3 is 2.33 bits per heavy atom. The zero-order valence-corrected chi connectivity index (χ0v) is 20.4. The van der Waals surface area contributed by atoms with Crippen molar-refractivity contribution in [2.24, 2.45) is 5.41 Å². The monoisotopic (exact) mass is 459 g/mol. The van der Waals surface area contributed by atoms with E-state index >= 15 is 0 Å². The highest BCUT2D eigenvalue weighted by Crippen LogP contribution is 2.51. The Morgan fingerprint density at radius 2 is 1.73 bits per heavy atom. The summed E-state index contributed by atoms with van der Waals surface area (Å²) in [4.78, 5) is 26.7. The number of methoxy groups -OCH3 is 4. The van der Waals surface area contributed by atoms with Crippen LogP contribution < -0.4 is 19.5 Å². The number of ether oxygens (including phenoxy) is 5. The highest BCUT2D eigenvalue weighted by molar-refractivity contribution is 6.04. The molecule has 0 spiro atoms. The van der Waals surface area contributed by atoms with Gasteiger partial charge in [0.2, 0.25) is 5.75 Å². The van der Waals surface area contributed by atoms with Gasteiger partial charge in [-0.2, -0.15) is 0 Å². The molecule has 0 amide bonds. The molecule has 1 aliphatic carbocycles. The van der Waals surface area contributed by atoms with Gasteiger partial charge in [-0.3, -0.25) is 4.79 Å². The van der Waals surface area contributed by atoms with Gasteiger partial charge < -0.3 is 29.0 Å². The van der Waals surface area contributed by atoms with Gasteiger partial charge in [-0.1, -0.05) is 19.9 Å². The van der Waals surface area contributed by atoms with Crippen molar-refractivity contribution in [3.63, 3.8) is 0 Å². The van der Waals surface area contributed by atoms with E-state index < -0.39 is 11.9 Å². The fraction of sp³-hybridized carbons (Fsp3) is 0.520. The van der Waals surface area contributed by atoms with Crippen LogP contribution in [0, 0.1) is 5.41 Å². The quantitative estimate of drug-likeness (QED) is 0.466. The Kier molecular flexibility index (Phi) is 7.37.